The molecule has 1 amide bonds. The first-order valence-corrected chi connectivity index (χ1v) is 12.4. The summed E-state index contributed by atoms with van der Waals surface area (Å²) in [5.74, 6) is 1.01. The van der Waals surface area contributed by atoms with Crippen LogP contribution in [-0.2, 0) is 11.2 Å². The fourth-order valence-corrected chi connectivity index (χ4v) is 4.46. The topological polar surface area (TPSA) is 63.0 Å². The Hall–Kier alpha value is -3.38. The van der Waals surface area contributed by atoms with Crippen LogP contribution in [0.4, 0.5) is 17.1 Å². The Labute approximate surface area is 205 Å². The molecule has 0 saturated carbocycles. The minimum Gasteiger partial charge on any atom is -0.497 e. The number of thioether (sulfide) groups is 1. The lowest BCUT2D eigenvalue weighted by atomic mass is 10.1. The molecule has 0 spiro atoms. The van der Waals surface area contributed by atoms with Crippen LogP contribution in [0.5, 0.6) is 5.75 Å². The van der Waals surface area contributed by atoms with Crippen molar-refractivity contribution in [3.8, 4) is 5.75 Å². The predicted molar refractivity (Wildman–Crippen MR) is 144 cm³/mol. The average Bonchev–Trinajstić information content (AvgIpc) is 3.02. The number of carbonyl (C=O) groups excluding carboxylic acids is 1. The zero-order chi connectivity index (χ0) is 24.1. The van der Waals surface area contributed by atoms with Crippen molar-refractivity contribution in [2.24, 2.45) is 9.98 Å². The third kappa shape index (κ3) is 5.75. The van der Waals surface area contributed by atoms with Gasteiger partial charge in [0.1, 0.15) is 5.75 Å². The number of rotatable bonds is 6. The second-order valence-electron chi connectivity index (χ2n) is 8.29. The van der Waals surface area contributed by atoms with Gasteiger partial charge in [0.2, 0.25) is 5.91 Å². The van der Waals surface area contributed by atoms with E-state index in [-0.39, 0.29) is 11.7 Å². The van der Waals surface area contributed by atoms with Gasteiger partial charge in [0.05, 0.1) is 35.0 Å². The van der Waals surface area contributed by atoms with E-state index in [1.165, 1.54) is 28.5 Å². The van der Waals surface area contributed by atoms with Crippen molar-refractivity contribution in [2.45, 2.75) is 33.6 Å². The second kappa shape index (κ2) is 10.7. The summed E-state index contributed by atoms with van der Waals surface area (Å²) in [5, 5.41) is 3.84. The van der Waals surface area contributed by atoms with Crippen LogP contribution in [0, 0.1) is 13.8 Å². The highest BCUT2D eigenvalue weighted by Gasteiger charge is 2.18. The minimum atomic E-state index is -0.0543. The van der Waals surface area contributed by atoms with Gasteiger partial charge in [-0.05, 0) is 73.4 Å². The summed E-state index contributed by atoms with van der Waals surface area (Å²) in [6, 6.07) is 20.0. The molecule has 4 rings (SSSR count). The molecule has 0 fully saturated rings. The van der Waals surface area contributed by atoms with Crippen LogP contribution >= 0.6 is 11.8 Å². The summed E-state index contributed by atoms with van der Waals surface area (Å²) in [5.41, 5.74) is 7.96. The molecular formula is C28H29N3O2S. The molecule has 0 aromatic heterocycles. The summed E-state index contributed by atoms with van der Waals surface area (Å²) < 4.78 is 5.41. The molecule has 0 atom stereocenters. The fraction of sp³-hybridized carbons (Fsp3) is 0.250. The van der Waals surface area contributed by atoms with E-state index in [2.05, 4.69) is 38.2 Å². The lowest BCUT2D eigenvalue weighted by molar-refractivity contribution is -0.113. The molecule has 3 aromatic rings. The molecule has 0 bridgehead atoms. The van der Waals surface area contributed by atoms with Crippen molar-refractivity contribution < 1.29 is 9.53 Å². The maximum Gasteiger partial charge on any atom is 0.234 e. The van der Waals surface area contributed by atoms with E-state index in [0.29, 0.717) is 6.42 Å². The number of fused-ring (bicyclic) bond motifs is 1. The first-order valence-electron chi connectivity index (χ1n) is 11.4. The molecular weight excluding hydrogens is 442 g/mol. The van der Waals surface area contributed by atoms with E-state index in [9.17, 15) is 4.79 Å². The molecule has 0 unspecified atom stereocenters. The van der Waals surface area contributed by atoms with Gasteiger partial charge < -0.3 is 10.1 Å². The Morgan fingerprint density at radius 3 is 2.38 bits per heavy atom. The van der Waals surface area contributed by atoms with Gasteiger partial charge in [-0.3, -0.25) is 9.79 Å². The number of nitrogens with zero attached hydrogens (tertiary/aromatic N) is 2. The maximum absolute atomic E-state index is 12.6. The molecule has 3 aromatic carbocycles. The number of aryl methyl sites for hydroxylation is 3. The predicted octanol–water partition coefficient (Wildman–Crippen LogP) is 6.80. The number of carbonyl (C=O) groups is 1. The van der Waals surface area contributed by atoms with Gasteiger partial charge in [-0.25, -0.2) is 4.99 Å². The van der Waals surface area contributed by atoms with Crippen molar-refractivity contribution in [2.75, 3.05) is 18.2 Å². The number of nitrogens with one attached hydrogen (secondary N) is 1. The SMILES string of the molecule is CCc1ccc(NC(=O)CSC2=Nc3cc(C)c(C)cc3N=C(c3cccc(OC)c3)C2)cc1. The molecule has 34 heavy (non-hydrogen) atoms. The van der Waals surface area contributed by atoms with Crippen LogP contribution in [0.3, 0.4) is 0 Å². The van der Waals surface area contributed by atoms with E-state index < -0.39 is 0 Å². The molecule has 0 radical (unpaired) electrons. The summed E-state index contributed by atoms with van der Waals surface area (Å²) in [6.07, 6.45) is 1.52. The number of methoxy groups -OCH3 is 1. The second-order valence-corrected chi connectivity index (χ2v) is 9.33. The monoisotopic (exact) mass is 471 g/mol. The van der Waals surface area contributed by atoms with E-state index in [0.717, 1.165) is 45.6 Å². The maximum atomic E-state index is 12.6. The first kappa shape index (κ1) is 23.8. The third-order valence-electron chi connectivity index (χ3n) is 5.83. The number of aliphatic imine (C=N–C) groups is 2. The summed E-state index contributed by atoms with van der Waals surface area (Å²) >= 11 is 1.45. The lowest BCUT2D eigenvalue weighted by Gasteiger charge is -2.09. The molecule has 1 aliphatic heterocycles. The highest BCUT2D eigenvalue weighted by atomic mass is 32.2. The Morgan fingerprint density at radius 1 is 1.00 bits per heavy atom. The molecule has 6 heteroatoms. The van der Waals surface area contributed by atoms with Gasteiger partial charge in [-0.1, -0.05) is 31.2 Å². The Bertz CT molecular complexity index is 1260. The zero-order valence-corrected chi connectivity index (χ0v) is 20.8. The standard InChI is InChI=1S/C28H29N3O2S/c1-5-20-9-11-22(12-10-20)29-27(32)17-34-28-16-24(21-7-6-8-23(15-21)33-4)30-25-13-18(2)19(3)14-26(25)31-28/h6-15H,5,16-17H2,1-4H3,(H,29,32). The molecule has 0 saturated heterocycles. The third-order valence-corrected chi connectivity index (χ3v) is 6.80. The van der Waals surface area contributed by atoms with Crippen LogP contribution in [0.15, 0.2) is 70.6 Å². The van der Waals surface area contributed by atoms with Crippen LogP contribution in [0.25, 0.3) is 0 Å². The Balaban J connectivity index is 1.57. The van der Waals surface area contributed by atoms with Crippen molar-refractivity contribution >= 4 is 45.5 Å². The normalized spacial score (nSPS) is 12.8. The largest absolute Gasteiger partial charge is 0.497 e. The summed E-state index contributed by atoms with van der Waals surface area (Å²) in [7, 11) is 1.66. The van der Waals surface area contributed by atoms with Crippen molar-refractivity contribution in [3.63, 3.8) is 0 Å². The van der Waals surface area contributed by atoms with Gasteiger partial charge in [0.15, 0.2) is 0 Å². The van der Waals surface area contributed by atoms with E-state index >= 15 is 0 Å². The average molecular weight is 472 g/mol. The number of hydrogen-bond donors (Lipinski definition) is 1. The summed E-state index contributed by atoms with van der Waals surface area (Å²) in [6.45, 7) is 6.27. The summed E-state index contributed by atoms with van der Waals surface area (Å²) in [4.78, 5) is 22.5. The molecule has 1 N–H and O–H groups in total. The van der Waals surface area contributed by atoms with Crippen LogP contribution < -0.4 is 10.1 Å². The Morgan fingerprint density at radius 2 is 1.71 bits per heavy atom. The first-order chi connectivity index (χ1) is 16.4. The molecule has 174 valence electrons. The highest BCUT2D eigenvalue weighted by molar-refractivity contribution is 8.14. The number of amides is 1. The molecule has 1 aliphatic rings. The number of anilines is 1. The van der Waals surface area contributed by atoms with Gasteiger partial charge in [-0.2, -0.15) is 0 Å². The fourth-order valence-electron chi connectivity index (χ4n) is 3.69. The van der Waals surface area contributed by atoms with Crippen molar-refractivity contribution in [3.05, 3.63) is 82.9 Å². The molecule has 0 aliphatic carbocycles. The van der Waals surface area contributed by atoms with Gasteiger partial charge in [0, 0.05) is 17.7 Å². The highest BCUT2D eigenvalue weighted by Crippen LogP contribution is 2.36. The van der Waals surface area contributed by atoms with E-state index in [1.54, 1.807) is 7.11 Å². The van der Waals surface area contributed by atoms with Gasteiger partial charge >= 0.3 is 0 Å². The van der Waals surface area contributed by atoms with Crippen LogP contribution in [-0.4, -0.2) is 29.5 Å². The van der Waals surface area contributed by atoms with Crippen LogP contribution in [0.2, 0.25) is 0 Å². The zero-order valence-electron chi connectivity index (χ0n) is 20.0. The minimum absolute atomic E-state index is 0.0543. The smallest absolute Gasteiger partial charge is 0.234 e. The van der Waals surface area contributed by atoms with Gasteiger partial charge in [-0.15, -0.1) is 11.8 Å². The number of ether oxygens (including phenoxy) is 1. The van der Waals surface area contributed by atoms with Crippen molar-refractivity contribution in [1.29, 1.82) is 0 Å². The van der Waals surface area contributed by atoms with Crippen LogP contribution in [0.1, 0.15) is 35.6 Å². The van der Waals surface area contributed by atoms with E-state index in [1.807, 2.05) is 48.5 Å². The van der Waals surface area contributed by atoms with E-state index in [4.69, 9.17) is 14.7 Å². The Kier molecular flexibility index (Phi) is 7.48. The number of hydrogen-bond acceptors (Lipinski definition) is 5. The molecule has 5 nitrogen and oxygen atoms in total. The van der Waals surface area contributed by atoms with Gasteiger partial charge in [0.25, 0.3) is 0 Å². The number of benzene rings is 3. The quantitative estimate of drug-likeness (QED) is 0.430. The molecule has 1 heterocycles. The lowest BCUT2D eigenvalue weighted by Crippen LogP contribution is -2.16. The van der Waals surface area contributed by atoms with Crippen molar-refractivity contribution in [1.82, 2.24) is 0 Å².